The molecule has 0 radical (unpaired) electrons. The van der Waals surface area contributed by atoms with Crippen molar-refractivity contribution in [1.82, 2.24) is 10.2 Å². The molecule has 1 aliphatic rings. The molecule has 0 unspecified atom stereocenters. The number of ether oxygens (including phenoxy) is 3. The Labute approximate surface area is 153 Å². The summed E-state index contributed by atoms with van der Waals surface area (Å²) in [6.07, 6.45) is 1.74. The highest BCUT2D eigenvalue weighted by molar-refractivity contribution is 5.68. The highest BCUT2D eigenvalue weighted by Gasteiger charge is 2.26. The molecule has 1 fully saturated rings. The molecule has 1 N–H and O–H groups in total. The van der Waals surface area contributed by atoms with Crippen LogP contribution in [-0.4, -0.2) is 69.2 Å². The molecule has 6 heteroatoms. The molecule has 0 aliphatic carbocycles. The lowest BCUT2D eigenvalue weighted by Crippen LogP contribution is -2.42. The summed E-state index contributed by atoms with van der Waals surface area (Å²) in [6.45, 7) is 16.2. The summed E-state index contributed by atoms with van der Waals surface area (Å²) < 4.78 is 16.7. The molecule has 0 atom stereocenters. The predicted molar refractivity (Wildman–Crippen MR) is 99.9 cm³/mol. The number of hydrogen-bond donors (Lipinski definition) is 1. The van der Waals surface area contributed by atoms with Crippen molar-refractivity contribution in [2.24, 2.45) is 11.8 Å². The van der Waals surface area contributed by atoms with Gasteiger partial charge in [0.1, 0.15) is 5.60 Å². The fraction of sp³-hybridized carbons (Fsp3) is 0.947. The van der Waals surface area contributed by atoms with Crippen LogP contribution in [0.5, 0.6) is 0 Å². The van der Waals surface area contributed by atoms with Crippen molar-refractivity contribution in [3.63, 3.8) is 0 Å². The normalized spacial score (nSPS) is 16.5. The Hall–Kier alpha value is -0.850. The summed E-state index contributed by atoms with van der Waals surface area (Å²) in [4.78, 5) is 13.8. The number of nitrogens with one attached hydrogen (secondary N) is 1. The van der Waals surface area contributed by atoms with Crippen LogP contribution in [0.2, 0.25) is 0 Å². The Kier molecular flexibility index (Phi) is 10.4. The second-order valence-corrected chi connectivity index (χ2v) is 8.20. The van der Waals surface area contributed by atoms with Gasteiger partial charge in [0.15, 0.2) is 0 Å². The minimum absolute atomic E-state index is 0.202. The van der Waals surface area contributed by atoms with Gasteiger partial charge in [0.2, 0.25) is 0 Å². The van der Waals surface area contributed by atoms with E-state index in [1.165, 1.54) is 0 Å². The predicted octanol–water partition coefficient (Wildman–Crippen LogP) is 2.91. The van der Waals surface area contributed by atoms with Gasteiger partial charge in [-0.1, -0.05) is 13.8 Å². The van der Waals surface area contributed by atoms with Gasteiger partial charge in [-0.15, -0.1) is 0 Å². The summed E-state index contributed by atoms with van der Waals surface area (Å²) >= 11 is 0. The monoisotopic (exact) mass is 358 g/mol. The number of amides is 1. The maximum atomic E-state index is 12.0. The summed E-state index contributed by atoms with van der Waals surface area (Å²) in [6, 6.07) is 0. The summed E-state index contributed by atoms with van der Waals surface area (Å²) in [5.41, 5.74) is -0.429. The lowest BCUT2D eigenvalue weighted by molar-refractivity contribution is 0.00449. The van der Waals surface area contributed by atoms with Crippen LogP contribution in [0.25, 0.3) is 0 Å². The lowest BCUT2D eigenvalue weighted by Gasteiger charge is -2.33. The van der Waals surface area contributed by atoms with Gasteiger partial charge < -0.3 is 24.4 Å². The van der Waals surface area contributed by atoms with E-state index in [1.807, 2.05) is 20.8 Å². The molecule has 0 aromatic rings. The van der Waals surface area contributed by atoms with E-state index in [0.29, 0.717) is 25.0 Å². The lowest BCUT2D eigenvalue weighted by atomic mass is 9.98. The van der Waals surface area contributed by atoms with Crippen LogP contribution in [0.15, 0.2) is 0 Å². The number of hydrogen-bond acceptors (Lipinski definition) is 5. The molecule has 148 valence electrons. The SMILES string of the molecule is CC(C)CNCCOCCOCC1CCN(C(=O)OC(C)(C)C)CC1. The van der Waals surface area contributed by atoms with Crippen molar-refractivity contribution in [2.45, 2.75) is 53.1 Å². The van der Waals surface area contributed by atoms with Gasteiger partial charge in [-0.3, -0.25) is 0 Å². The quantitative estimate of drug-likeness (QED) is 0.609. The Morgan fingerprint density at radius 3 is 2.36 bits per heavy atom. The molecule has 6 nitrogen and oxygen atoms in total. The number of piperidine rings is 1. The van der Waals surface area contributed by atoms with E-state index in [9.17, 15) is 4.79 Å². The van der Waals surface area contributed by atoms with Crippen LogP contribution in [-0.2, 0) is 14.2 Å². The molecule has 1 saturated heterocycles. The molecule has 0 saturated carbocycles. The average Bonchev–Trinajstić information content (AvgIpc) is 2.52. The molecule has 1 rings (SSSR count). The number of carbonyl (C=O) groups excluding carboxylic acids is 1. The highest BCUT2D eigenvalue weighted by Crippen LogP contribution is 2.19. The molecule has 25 heavy (non-hydrogen) atoms. The Balaban J connectivity index is 1.98. The first-order chi connectivity index (χ1) is 11.8. The third-order valence-electron chi connectivity index (χ3n) is 3.97. The van der Waals surface area contributed by atoms with Crippen molar-refractivity contribution in [3.8, 4) is 0 Å². The van der Waals surface area contributed by atoms with Gasteiger partial charge in [-0.25, -0.2) is 4.79 Å². The Morgan fingerprint density at radius 2 is 1.76 bits per heavy atom. The van der Waals surface area contributed by atoms with Crippen LogP contribution < -0.4 is 5.32 Å². The van der Waals surface area contributed by atoms with Crippen LogP contribution in [0, 0.1) is 11.8 Å². The number of rotatable bonds is 10. The van der Waals surface area contributed by atoms with Crippen LogP contribution in [0.1, 0.15) is 47.5 Å². The summed E-state index contributed by atoms with van der Waals surface area (Å²) in [7, 11) is 0. The second-order valence-electron chi connectivity index (χ2n) is 8.20. The molecular weight excluding hydrogens is 320 g/mol. The molecule has 0 bridgehead atoms. The first kappa shape index (κ1) is 22.2. The minimum Gasteiger partial charge on any atom is -0.444 e. The van der Waals surface area contributed by atoms with E-state index < -0.39 is 5.60 Å². The first-order valence-electron chi connectivity index (χ1n) is 9.62. The molecule has 1 heterocycles. The zero-order valence-corrected chi connectivity index (χ0v) is 16.8. The maximum Gasteiger partial charge on any atom is 0.410 e. The molecular formula is C19H38N2O4. The number of carbonyl (C=O) groups is 1. The van der Waals surface area contributed by atoms with E-state index in [0.717, 1.165) is 52.2 Å². The third-order valence-corrected chi connectivity index (χ3v) is 3.97. The Bertz CT molecular complexity index is 361. The fourth-order valence-electron chi connectivity index (χ4n) is 2.61. The van der Waals surface area contributed by atoms with Gasteiger partial charge in [0.25, 0.3) is 0 Å². The Morgan fingerprint density at radius 1 is 1.12 bits per heavy atom. The molecule has 0 aromatic heterocycles. The molecule has 0 spiro atoms. The number of nitrogens with zero attached hydrogens (tertiary/aromatic N) is 1. The van der Waals surface area contributed by atoms with Crippen molar-refractivity contribution < 1.29 is 19.0 Å². The molecule has 0 aromatic carbocycles. The summed E-state index contributed by atoms with van der Waals surface area (Å²) in [5.74, 6) is 1.19. The van der Waals surface area contributed by atoms with Crippen molar-refractivity contribution in [1.29, 1.82) is 0 Å². The third kappa shape index (κ3) is 11.4. The van der Waals surface area contributed by atoms with Crippen LogP contribution in [0.4, 0.5) is 4.79 Å². The van der Waals surface area contributed by atoms with Gasteiger partial charge in [-0.05, 0) is 52.0 Å². The second kappa shape index (κ2) is 11.7. The van der Waals surface area contributed by atoms with Crippen LogP contribution in [0.3, 0.4) is 0 Å². The largest absolute Gasteiger partial charge is 0.444 e. The fourth-order valence-corrected chi connectivity index (χ4v) is 2.61. The molecule has 1 amide bonds. The van der Waals surface area contributed by atoms with Gasteiger partial charge in [0.05, 0.1) is 19.8 Å². The van der Waals surface area contributed by atoms with E-state index in [4.69, 9.17) is 14.2 Å². The van der Waals surface area contributed by atoms with Crippen molar-refractivity contribution in [3.05, 3.63) is 0 Å². The highest BCUT2D eigenvalue weighted by atomic mass is 16.6. The van der Waals surface area contributed by atoms with E-state index in [1.54, 1.807) is 4.90 Å². The zero-order valence-electron chi connectivity index (χ0n) is 16.8. The van der Waals surface area contributed by atoms with Crippen LogP contribution >= 0.6 is 0 Å². The van der Waals surface area contributed by atoms with Gasteiger partial charge in [0, 0.05) is 26.2 Å². The minimum atomic E-state index is -0.429. The summed E-state index contributed by atoms with van der Waals surface area (Å²) in [5, 5.41) is 3.35. The van der Waals surface area contributed by atoms with Crippen molar-refractivity contribution in [2.75, 3.05) is 52.6 Å². The van der Waals surface area contributed by atoms with E-state index >= 15 is 0 Å². The standard InChI is InChI=1S/C19H38N2O4/c1-16(2)14-20-8-11-23-12-13-24-15-17-6-9-21(10-7-17)18(22)25-19(3,4)5/h16-17,20H,6-15H2,1-5H3. The van der Waals surface area contributed by atoms with E-state index in [-0.39, 0.29) is 6.09 Å². The van der Waals surface area contributed by atoms with Crippen molar-refractivity contribution >= 4 is 6.09 Å². The topological polar surface area (TPSA) is 60.0 Å². The maximum absolute atomic E-state index is 12.0. The van der Waals surface area contributed by atoms with Gasteiger partial charge in [-0.2, -0.15) is 0 Å². The smallest absolute Gasteiger partial charge is 0.410 e. The van der Waals surface area contributed by atoms with Gasteiger partial charge >= 0.3 is 6.09 Å². The first-order valence-corrected chi connectivity index (χ1v) is 9.62. The number of likely N-dealkylation sites (tertiary alicyclic amines) is 1. The zero-order chi connectivity index (χ0) is 18.7. The average molecular weight is 359 g/mol. The molecule has 1 aliphatic heterocycles. The van der Waals surface area contributed by atoms with E-state index in [2.05, 4.69) is 19.2 Å².